The first kappa shape index (κ1) is 13.0. The highest BCUT2D eigenvalue weighted by molar-refractivity contribution is 8.01. The molecule has 0 N–H and O–H groups in total. The van der Waals surface area contributed by atoms with Crippen LogP contribution in [0.5, 0.6) is 0 Å². The van der Waals surface area contributed by atoms with E-state index < -0.39 is 5.25 Å². The van der Waals surface area contributed by atoms with Gasteiger partial charge in [-0.05, 0) is 13.8 Å². The summed E-state index contributed by atoms with van der Waals surface area (Å²) >= 11 is 1.24. The zero-order chi connectivity index (χ0) is 12.3. The molecule has 1 atom stereocenters. The molecular weight excluding hydrogens is 226 g/mol. The Kier molecular flexibility index (Phi) is 4.29. The van der Waals surface area contributed by atoms with Gasteiger partial charge >= 0.3 is 0 Å². The molecule has 4 nitrogen and oxygen atoms in total. The lowest BCUT2D eigenvalue weighted by Crippen LogP contribution is -2.32. The van der Waals surface area contributed by atoms with Crippen molar-refractivity contribution in [1.29, 1.82) is 0 Å². The zero-order valence-corrected chi connectivity index (χ0v) is 10.3. The van der Waals surface area contributed by atoms with E-state index in [0.29, 0.717) is 0 Å². The molecule has 0 aromatic rings. The van der Waals surface area contributed by atoms with Gasteiger partial charge in [-0.3, -0.25) is 19.3 Å². The summed E-state index contributed by atoms with van der Waals surface area (Å²) in [7, 11) is 0. The zero-order valence-electron chi connectivity index (χ0n) is 9.49. The van der Waals surface area contributed by atoms with Gasteiger partial charge < -0.3 is 0 Å². The summed E-state index contributed by atoms with van der Waals surface area (Å²) in [4.78, 5) is 35.4. The van der Waals surface area contributed by atoms with Crippen molar-refractivity contribution in [3.05, 3.63) is 12.2 Å². The normalized spacial score (nSPS) is 20.4. The molecule has 0 aromatic carbocycles. The second kappa shape index (κ2) is 5.30. The minimum atomic E-state index is -0.393. The van der Waals surface area contributed by atoms with Crippen LogP contribution in [0, 0.1) is 0 Å². The van der Waals surface area contributed by atoms with Crippen molar-refractivity contribution in [2.75, 3.05) is 12.3 Å². The minimum absolute atomic E-state index is 0.0172. The number of thioether (sulfide) groups is 1. The molecule has 0 bridgehead atoms. The standard InChI is InChI=1S/C11H15NO3S/c1-7(2)5-12-10(14)4-9(11(12)15)16-6-8(3)13/h9H,1,4-6H2,2-3H3. The number of amides is 2. The van der Waals surface area contributed by atoms with Gasteiger partial charge in [0.1, 0.15) is 5.78 Å². The van der Waals surface area contributed by atoms with Crippen LogP contribution in [0.3, 0.4) is 0 Å². The fourth-order valence-electron chi connectivity index (χ4n) is 1.44. The number of carbonyl (C=O) groups excluding carboxylic acids is 3. The molecule has 0 spiro atoms. The second-order valence-corrected chi connectivity index (χ2v) is 5.17. The summed E-state index contributed by atoms with van der Waals surface area (Å²) < 4.78 is 0. The molecule has 0 radical (unpaired) electrons. The Hall–Kier alpha value is -1.10. The van der Waals surface area contributed by atoms with Crippen molar-refractivity contribution in [1.82, 2.24) is 4.90 Å². The van der Waals surface area contributed by atoms with E-state index in [4.69, 9.17) is 0 Å². The van der Waals surface area contributed by atoms with Crippen LogP contribution in [0.2, 0.25) is 0 Å². The molecule has 1 fully saturated rings. The Bertz CT molecular complexity index is 351. The van der Waals surface area contributed by atoms with Crippen molar-refractivity contribution in [3.63, 3.8) is 0 Å². The van der Waals surface area contributed by atoms with Crippen molar-refractivity contribution < 1.29 is 14.4 Å². The molecule has 1 heterocycles. The van der Waals surface area contributed by atoms with Crippen LogP contribution in [0.15, 0.2) is 12.2 Å². The van der Waals surface area contributed by atoms with E-state index >= 15 is 0 Å². The maximum Gasteiger partial charge on any atom is 0.243 e. The number of carbonyl (C=O) groups is 3. The summed E-state index contributed by atoms with van der Waals surface area (Å²) in [5.41, 5.74) is 0.777. The average Bonchev–Trinajstić information content (AvgIpc) is 2.42. The predicted octanol–water partition coefficient (Wildman–Crippen LogP) is 1.01. The topological polar surface area (TPSA) is 54.5 Å². The first-order chi connectivity index (χ1) is 7.41. The van der Waals surface area contributed by atoms with Gasteiger partial charge in [-0.15, -0.1) is 11.8 Å². The van der Waals surface area contributed by atoms with Gasteiger partial charge in [-0.1, -0.05) is 12.2 Å². The molecular formula is C11H15NO3S. The first-order valence-electron chi connectivity index (χ1n) is 5.01. The highest BCUT2D eigenvalue weighted by Crippen LogP contribution is 2.25. The van der Waals surface area contributed by atoms with Crippen LogP contribution in [0.25, 0.3) is 0 Å². The number of nitrogens with zero attached hydrogens (tertiary/aromatic N) is 1. The smallest absolute Gasteiger partial charge is 0.243 e. The Balaban J connectivity index is 2.59. The monoisotopic (exact) mass is 241 g/mol. The lowest BCUT2D eigenvalue weighted by atomic mass is 10.3. The summed E-state index contributed by atoms with van der Waals surface area (Å²) in [6.45, 7) is 7.21. The third-order valence-corrected chi connectivity index (χ3v) is 3.46. The minimum Gasteiger partial charge on any atom is -0.299 e. The van der Waals surface area contributed by atoms with E-state index in [-0.39, 0.29) is 36.3 Å². The number of hydrogen-bond donors (Lipinski definition) is 0. The molecule has 1 unspecified atom stereocenters. The number of imide groups is 1. The van der Waals surface area contributed by atoms with Crippen LogP contribution in [-0.4, -0.2) is 40.0 Å². The summed E-state index contributed by atoms with van der Waals surface area (Å²) in [5.74, 6) is -0.0678. The van der Waals surface area contributed by atoms with E-state index in [0.717, 1.165) is 5.57 Å². The maximum atomic E-state index is 11.8. The van der Waals surface area contributed by atoms with E-state index in [1.54, 1.807) is 6.92 Å². The predicted molar refractivity (Wildman–Crippen MR) is 63.1 cm³/mol. The number of Topliss-reactive ketones (excluding diaryl/α,β-unsaturated/α-hetero) is 1. The van der Waals surface area contributed by atoms with Crippen LogP contribution < -0.4 is 0 Å². The van der Waals surface area contributed by atoms with E-state index in [2.05, 4.69) is 6.58 Å². The molecule has 0 aliphatic carbocycles. The molecule has 2 amide bonds. The Morgan fingerprint density at radius 2 is 2.12 bits per heavy atom. The second-order valence-electron chi connectivity index (χ2n) is 3.98. The molecule has 1 rings (SSSR count). The fourth-order valence-corrected chi connectivity index (χ4v) is 2.40. The fraction of sp³-hybridized carbons (Fsp3) is 0.545. The number of likely N-dealkylation sites (tertiary alicyclic amines) is 1. The van der Waals surface area contributed by atoms with Crippen molar-refractivity contribution in [3.8, 4) is 0 Å². The summed E-state index contributed by atoms with van der Waals surface area (Å²) in [6, 6.07) is 0. The molecule has 1 saturated heterocycles. The number of hydrogen-bond acceptors (Lipinski definition) is 4. The lowest BCUT2D eigenvalue weighted by Gasteiger charge is -2.14. The van der Waals surface area contributed by atoms with Gasteiger partial charge in [-0.2, -0.15) is 0 Å². The summed E-state index contributed by atoms with van der Waals surface area (Å²) in [6.07, 6.45) is 0.198. The van der Waals surface area contributed by atoms with Gasteiger partial charge in [0, 0.05) is 13.0 Å². The maximum absolute atomic E-state index is 11.8. The third-order valence-electron chi connectivity index (χ3n) is 2.12. The Morgan fingerprint density at radius 1 is 1.50 bits per heavy atom. The molecule has 1 aliphatic heterocycles. The van der Waals surface area contributed by atoms with Crippen LogP contribution in [0.1, 0.15) is 20.3 Å². The van der Waals surface area contributed by atoms with Gasteiger partial charge in [-0.25, -0.2) is 0 Å². The SMILES string of the molecule is C=C(C)CN1C(=O)CC(SCC(C)=O)C1=O. The molecule has 5 heteroatoms. The third kappa shape index (κ3) is 3.20. The summed E-state index contributed by atoms with van der Waals surface area (Å²) in [5, 5.41) is -0.393. The van der Waals surface area contributed by atoms with Crippen LogP contribution in [0.4, 0.5) is 0 Å². The van der Waals surface area contributed by atoms with Crippen molar-refractivity contribution >= 4 is 29.4 Å². The average molecular weight is 241 g/mol. The molecule has 0 saturated carbocycles. The van der Waals surface area contributed by atoms with Crippen molar-refractivity contribution in [2.45, 2.75) is 25.5 Å². The molecule has 16 heavy (non-hydrogen) atoms. The molecule has 0 aromatic heterocycles. The first-order valence-corrected chi connectivity index (χ1v) is 6.06. The Morgan fingerprint density at radius 3 is 2.62 bits per heavy atom. The van der Waals surface area contributed by atoms with Gasteiger partial charge in [0.25, 0.3) is 0 Å². The largest absolute Gasteiger partial charge is 0.299 e. The van der Waals surface area contributed by atoms with Crippen molar-refractivity contribution in [2.24, 2.45) is 0 Å². The highest BCUT2D eigenvalue weighted by atomic mass is 32.2. The van der Waals surface area contributed by atoms with Gasteiger partial charge in [0.15, 0.2) is 0 Å². The molecule has 88 valence electrons. The van der Waals surface area contributed by atoms with E-state index in [1.807, 2.05) is 0 Å². The molecule has 1 aliphatic rings. The van der Waals surface area contributed by atoms with Crippen LogP contribution >= 0.6 is 11.8 Å². The van der Waals surface area contributed by atoms with E-state index in [1.165, 1.54) is 23.6 Å². The number of ketones is 1. The van der Waals surface area contributed by atoms with Gasteiger partial charge in [0.2, 0.25) is 11.8 Å². The quantitative estimate of drug-likeness (QED) is 0.532. The Labute approximate surface area is 99.1 Å². The number of rotatable bonds is 5. The van der Waals surface area contributed by atoms with E-state index in [9.17, 15) is 14.4 Å². The van der Waals surface area contributed by atoms with Crippen LogP contribution in [-0.2, 0) is 14.4 Å². The lowest BCUT2D eigenvalue weighted by molar-refractivity contribution is -0.137. The van der Waals surface area contributed by atoms with Gasteiger partial charge in [0.05, 0.1) is 11.0 Å². The highest BCUT2D eigenvalue weighted by Gasteiger charge is 2.38.